The van der Waals surface area contributed by atoms with E-state index in [1.165, 1.54) is 0 Å². The molecule has 0 bridgehead atoms. The fourth-order valence-corrected chi connectivity index (χ4v) is 6.19. The molecule has 0 aliphatic carbocycles. The lowest BCUT2D eigenvalue weighted by Crippen LogP contribution is -2.49. The number of hydrogen-bond donors (Lipinski definition) is 1. The highest BCUT2D eigenvalue weighted by atomic mass is 79.9. The van der Waals surface area contributed by atoms with Crippen LogP contribution in [-0.2, 0) is 14.8 Å². The lowest BCUT2D eigenvalue weighted by molar-refractivity contribution is 0.0361. The third-order valence-corrected chi connectivity index (χ3v) is 8.84. The maximum absolute atomic E-state index is 12.9. The molecule has 8 heteroatoms. The molecule has 2 saturated heterocycles. The van der Waals surface area contributed by atoms with E-state index in [1.54, 1.807) is 11.2 Å². The van der Waals surface area contributed by atoms with Crippen LogP contribution in [0, 0.1) is 12.3 Å². The number of ether oxygens (including phenoxy) is 1. The number of amides is 1. The van der Waals surface area contributed by atoms with Crippen molar-refractivity contribution in [2.24, 2.45) is 5.41 Å². The molecule has 1 aromatic rings. The zero-order valence-corrected chi connectivity index (χ0v) is 19.6. The van der Waals surface area contributed by atoms with Crippen molar-refractivity contribution in [2.75, 3.05) is 32.0 Å². The number of sulfonamides is 1. The first kappa shape index (κ1) is 22.7. The van der Waals surface area contributed by atoms with Gasteiger partial charge in [-0.05, 0) is 78.9 Å². The van der Waals surface area contributed by atoms with E-state index >= 15 is 0 Å². The predicted molar refractivity (Wildman–Crippen MR) is 118 cm³/mol. The molecule has 2 heterocycles. The van der Waals surface area contributed by atoms with Crippen molar-refractivity contribution in [1.82, 2.24) is 9.62 Å². The summed E-state index contributed by atoms with van der Waals surface area (Å²) in [6, 6.07) is 5.72. The summed E-state index contributed by atoms with van der Waals surface area (Å²) >= 11 is 3.48. The number of aryl methyl sites for hydroxylation is 1. The van der Waals surface area contributed by atoms with Gasteiger partial charge < -0.3 is 10.1 Å². The minimum atomic E-state index is -3.18. The Morgan fingerprint density at radius 3 is 2.66 bits per heavy atom. The maximum atomic E-state index is 12.9. The standard InChI is InChI=1S/C21H31BrN2O4S/c1-3-29(26,27)24-11-9-21(10-12-24,14-17-7-5-13-28-17)15-23-20(25)19-16(2)6-4-8-18(19)22/h4,6,8,17H,3,5,7,9-15H2,1-2H3,(H,23,25). The molecule has 2 fully saturated rings. The Kier molecular flexibility index (Phi) is 7.41. The summed E-state index contributed by atoms with van der Waals surface area (Å²) in [6.45, 7) is 5.95. The second-order valence-electron chi connectivity index (χ2n) is 8.25. The van der Waals surface area contributed by atoms with Crippen molar-refractivity contribution in [3.8, 4) is 0 Å². The van der Waals surface area contributed by atoms with E-state index in [2.05, 4.69) is 21.2 Å². The van der Waals surface area contributed by atoms with Gasteiger partial charge in [0.25, 0.3) is 5.91 Å². The van der Waals surface area contributed by atoms with Crippen LogP contribution in [-0.4, -0.2) is 56.7 Å². The van der Waals surface area contributed by atoms with E-state index in [0.29, 0.717) is 25.2 Å². The molecule has 1 N–H and O–H groups in total. The molecule has 6 nitrogen and oxygen atoms in total. The molecule has 29 heavy (non-hydrogen) atoms. The lowest BCUT2D eigenvalue weighted by atomic mass is 9.74. The number of halogens is 1. The molecule has 1 aromatic carbocycles. The Balaban J connectivity index is 1.72. The van der Waals surface area contributed by atoms with Crippen LogP contribution in [0.5, 0.6) is 0 Å². The fraction of sp³-hybridized carbons (Fsp3) is 0.667. The SMILES string of the molecule is CCS(=O)(=O)N1CCC(CNC(=O)c2c(C)cccc2Br)(CC2CCCO2)CC1. The molecule has 1 amide bonds. The van der Waals surface area contributed by atoms with Crippen LogP contribution in [0.25, 0.3) is 0 Å². The highest BCUT2D eigenvalue weighted by Gasteiger charge is 2.40. The van der Waals surface area contributed by atoms with E-state index in [0.717, 1.165) is 48.7 Å². The minimum Gasteiger partial charge on any atom is -0.378 e. The Morgan fingerprint density at radius 1 is 1.34 bits per heavy atom. The van der Waals surface area contributed by atoms with Crippen LogP contribution in [0.2, 0.25) is 0 Å². The topological polar surface area (TPSA) is 75.7 Å². The number of carbonyl (C=O) groups is 1. The molecular weight excluding hydrogens is 456 g/mol. The number of rotatable bonds is 7. The van der Waals surface area contributed by atoms with E-state index < -0.39 is 10.0 Å². The second-order valence-corrected chi connectivity index (χ2v) is 11.4. The first-order chi connectivity index (χ1) is 13.8. The van der Waals surface area contributed by atoms with Crippen LogP contribution in [0.1, 0.15) is 54.9 Å². The molecule has 162 valence electrons. The summed E-state index contributed by atoms with van der Waals surface area (Å²) in [6.07, 6.45) is 4.65. The number of nitrogens with zero attached hydrogens (tertiary/aromatic N) is 1. The summed E-state index contributed by atoms with van der Waals surface area (Å²) in [4.78, 5) is 12.9. The van der Waals surface area contributed by atoms with Crippen molar-refractivity contribution in [3.05, 3.63) is 33.8 Å². The summed E-state index contributed by atoms with van der Waals surface area (Å²) in [5.41, 5.74) is 1.44. The molecule has 0 radical (unpaired) electrons. The van der Waals surface area contributed by atoms with Gasteiger partial charge in [0.05, 0.1) is 17.4 Å². The first-order valence-electron chi connectivity index (χ1n) is 10.4. The average Bonchev–Trinajstić information content (AvgIpc) is 3.19. The van der Waals surface area contributed by atoms with Gasteiger partial charge in [-0.3, -0.25) is 4.79 Å². The van der Waals surface area contributed by atoms with Crippen molar-refractivity contribution in [1.29, 1.82) is 0 Å². The molecular formula is C21H31BrN2O4S. The number of carbonyl (C=O) groups excluding carboxylic acids is 1. The third kappa shape index (κ3) is 5.40. The summed E-state index contributed by atoms with van der Waals surface area (Å²) in [7, 11) is -3.18. The first-order valence-corrected chi connectivity index (χ1v) is 12.8. The van der Waals surface area contributed by atoms with Crippen LogP contribution >= 0.6 is 15.9 Å². The molecule has 2 aliphatic heterocycles. The van der Waals surface area contributed by atoms with Crippen LogP contribution in [0.15, 0.2) is 22.7 Å². The van der Waals surface area contributed by atoms with Gasteiger partial charge in [-0.2, -0.15) is 0 Å². The van der Waals surface area contributed by atoms with Gasteiger partial charge in [0.2, 0.25) is 10.0 Å². The molecule has 0 saturated carbocycles. The van der Waals surface area contributed by atoms with E-state index in [4.69, 9.17) is 4.74 Å². The third-order valence-electron chi connectivity index (χ3n) is 6.30. The van der Waals surface area contributed by atoms with Gasteiger partial charge in [-0.15, -0.1) is 0 Å². The molecule has 1 atom stereocenters. The molecule has 3 rings (SSSR count). The van der Waals surface area contributed by atoms with E-state index in [9.17, 15) is 13.2 Å². The fourth-order valence-electron chi connectivity index (χ4n) is 4.44. The highest BCUT2D eigenvalue weighted by Crippen LogP contribution is 2.39. The Morgan fingerprint density at radius 2 is 2.07 bits per heavy atom. The average molecular weight is 487 g/mol. The number of hydrogen-bond acceptors (Lipinski definition) is 4. The largest absolute Gasteiger partial charge is 0.378 e. The monoisotopic (exact) mass is 486 g/mol. The van der Waals surface area contributed by atoms with Gasteiger partial charge in [0.15, 0.2) is 0 Å². The molecule has 2 aliphatic rings. The van der Waals surface area contributed by atoms with Gasteiger partial charge >= 0.3 is 0 Å². The van der Waals surface area contributed by atoms with Gasteiger partial charge in [0, 0.05) is 30.7 Å². The van der Waals surface area contributed by atoms with Crippen molar-refractivity contribution in [2.45, 2.75) is 52.1 Å². The lowest BCUT2D eigenvalue weighted by Gasteiger charge is -2.42. The highest BCUT2D eigenvalue weighted by molar-refractivity contribution is 9.10. The van der Waals surface area contributed by atoms with Crippen LogP contribution in [0.3, 0.4) is 0 Å². The van der Waals surface area contributed by atoms with Crippen LogP contribution < -0.4 is 5.32 Å². The Hall–Kier alpha value is -0.960. The summed E-state index contributed by atoms with van der Waals surface area (Å²) in [5, 5.41) is 3.14. The second kappa shape index (κ2) is 9.45. The van der Waals surface area contributed by atoms with Crippen molar-refractivity contribution >= 4 is 31.9 Å². The number of nitrogens with one attached hydrogen (secondary N) is 1. The van der Waals surface area contributed by atoms with E-state index in [1.807, 2.05) is 25.1 Å². The summed E-state index contributed by atoms with van der Waals surface area (Å²) in [5.74, 6) is 0.0364. The van der Waals surface area contributed by atoms with Gasteiger partial charge in [0.1, 0.15) is 0 Å². The normalized spacial score (nSPS) is 22.5. The van der Waals surface area contributed by atoms with Gasteiger partial charge in [-0.1, -0.05) is 12.1 Å². The Bertz CT molecular complexity index is 809. The molecule has 0 spiro atoms. The summed E-state index contributed by atoms with van der Waals surface area (Å²) < 4.78 is 32.8. The van der Waals surface area contributed by atoms with Crippen molar-refractivity contribution < 1.29 is 17.9 Å². The number of piperidine rings is 1. The zero-order chi connectivity index (χ0) is 21.1. The van der Waals surface area contributed by atoms with Gasteiger partial charge in [-0.25, -0.2) is 12.7 Å². The number of benzene rings is 1. The molecule has 1 unspecified atom stereocenters. The van der Waals surface area contributed by atoms with E-state index in [-0.39, 0.29) is 23.2 Å². The quantitative estimate of drug-likeness (QED) is 0.639. The maximum Gasteiger partial charge on any atom is 0.252 e. The smallest absolute Gasteiger partial charge is 0.252 e. The predicted octanol–water partition coefficient (Wildman–Crippen LogP) is 3.49. The molecule has 0 aromatic heterocycles. The van der Waals surface area contributed by atoms with Crippen LogP contribution in [0.4, 0.5) is 0 Å². The Labute approximate surface area is 182 Å². The van der Waals surface area contributed by atoms with Crippen molar-refractivity contribution in [3.63, 3.8) is 0 Å². The zero-order valence-electron chi connectivity index (χ0n) is 17.2. The minimum absolute atomic E-state index is 0.0923.